The van der Waals surface area contributed by atoms with Gasteiger partial charge in [0.2, 0.25) is 0 Å². The average Bonchev–Trinajstić information content (AvgIpc) is 2.69. The monoisotopic (exact) mass is 264 g/mol. The summed E-state index contributed by atoms with van der Waals surface area (Å²) in [6.07, 6.45) is 3.85. The van der Waals surface area contributed by atoms with Crippen molar-refractivity contribution in [2.24, 2.45) is 5.92 Å². The molecule has 0 radical (unpaired) electrons. The van der Waals surface area contributed by atoms with E-state index in [1.54, 1.807) is 0 Å². The van der Waals surface area contributed by atoms with Crippen molar-refractivity contribution in [3.63, 3.8) is 0 Å². The zero-order chi connectivity index (χ0) is 12.5. The highest BCUT2D eigenvalue weighted by Crippen LogP contribution is 2.26. The maximum atomic E-state index is 9.22. The molecule has 1 aromatic heterocycles. The van der Waals surface area contributed by atoms with Crippen LogP contribution < -0.4 is 5.32 Å². The number of aromatic nitrogens is 1. The Bertz CT molecular complexity index is 546. The molecular weight excluding hydrogens is 248 g/mol. The fourth-order valence-electron chi connectivity index (χ4n) is 2.58. The van der Waals surface area contributed by atoms with E-state index in [2.05, 4.69) is 16.4 Å². The van der Waals surface area contributed by atoms with Crippen LogP contribution in [0, 0.1) is 5.92 Å². The highest BCUT2D eigenvalue weighted by molar-refractivity contribution is 6.31. The Balaban J connectivity index is 1.61. The lowest BCUT2D eigenvalue weighted by atomic mass is 9.82. The number of hydrogen-bond donors (Lipinski definition) is 3. The Morgan fingerprint density at radius 1 is 1.39 bits per heavy atom. The molecule has 3 rings (SSSR count). The largest absolute Gasteiger partial charge is 0.393 e. The number of benzene rings is 1. The fraction of sp³-hybridized carbons (Fsp3) is 0.429. The molecule has 0 bridgehead atoms. The van der Waals surface area contributed by atoms with E-state index >= 15 is 0 Å². The molecule has 0 amide bonds. The van der Waals surface area contributed by atoms with Gasteiger partial charge in [-0.25, -0.2) is 0 Å². The van der Waals surface area contributed by atoms with E-state index in [4.69, 9.17) is 11.6 Å². The summed E-state index contributed by atoms with van der Waals surface area (Å²) in [6.45, 7) is 1.84. The molecule has 1 heterocycles. The third kappa shape index (κ3) is 2.39. The zero-order valence-corrected chi connectivity index (χ0v) is 10.9. The van der Waals surface area contributed by atoms with Gasteiger partial charge in [0.25, 0.3) is 0 Å². The van der Waals surface area contributed by atoms with Gasteiger partial charge in [0.15, 0.2) is 0 Å². The summed E-state index contributed by atoms with van der Waals surface area (Å²) in [6, 6.07) is 5.92. The highest BCUT2D eigenvalue weighted by Gasteiger charge is 2.26. The number of halogens is 1. The van der Waals surface area contributed by atoms with E-state index in [0.29, 0.717) is 5.92 Å². The number of H-pyrrole nitrogens is 1. The van der Waals surface area contributed by atoms with Crippen molar-refractivity contribution in [1.29, 1.82) is 0 Å². The molecule has 1 fully saturated rings. The molecule has 3 nitrogen and oxygen atoms in total. The Morgan fingerprint density at radius 3 is 3.00 bits per heavy atom. The molecule has 2 aromatic rings. The summed E-state index contributed by atoms with van der Waals surface area (Å²) >= 11 is 5.95. The van der Waals surface area contributed by atoms with E-state index in [9.17, 15) is 5.11 Å². The molecule has 1 aliphatic rings. The summed E-state index contributed by atoms with van der Waals surface area (Å²) in [5, 5.41) is 14.7. The SMILES string of the molecule is OC1CC(CNCc2c[nH]c3cc(Cl)ccc23)C1. The molecule has 0 unspecified atom stereocenters. The van der Waals surface area contributed by atoms with Crippen LogP contribution in [0.2, 0.25) is 5.02 Å². The quantitative estimate of drug-likeness (QED) is 0.795. The predicted octanol–water partition coefficient (Wildman–Crippen LogP) is 2.68. The summed E-state index contributed by atoms with van der Waals surface area (Å²) < 4.78 is 0. The molecule has 3 N–H and O–H groups in total. The molecule has 18 heavy (non-hydrogen) atoms. The number of fused-ring (bicyclic) bond motifs is 1. The van der Waals surface area contributed by atoms with E-state index in [1.165, 1.54) is 10.9 Å². The van der Waals surface area contributed by atoms with Gasteiger partial charge in [-0.3, -0.25) is 0 Å². The maximum absolute atomic E-state index is 9.22. The molecule has 1 aliphatic carbocycles. The van der Waals surface area contributed by atoms with Crippen molar-refractivity contribution in [2.75, 3.05) is 6.54 Å². The van der Waals surface area contributed by atoms with Crippen LogP contribution in [-0.2, 0) is 6.54 Å². The van der Waals surface area contributed by atoms with Gasteiger partial charge < -0.3 is 15.4 Å². The zero-order valence-electron chi connectivity index (χ0n) is 10.1. The first-order valence-electron chi connectivity index (χ1n) is 6.36. The van der Waals surface area contributed by atoms with Gasteiger partial charge in [-0.1, -0.05) is 17.7 Å². The maximum Gasteiger partial charge on any atom is 0.0546 e. The third-order valence-electron chi connectivity index (χ3n) is 3.69. The van der Waals surface area contributed by atoms with Gasteiger partial charge >= 0.3 is 0 Å². The predicted molar refractivity (Wildman–Crippen MR) is 73.7 cm³/mol. The van der Waals surface area contributed by atoms with Gasteiger partial charge in [0, 0.05) is 28.7 Å². The molecule has 0 saturated heterocycles. The van der Waals surface area contributed by atoms with E-state index < -0.39 is 0 Å². The molecule has 0 aliphatic heterocycles. The normalized spacial score (nSPS) is 23.2. The molecule has 0 atom stereocenters. The third-order valence-corrected chi connectivity index (χ3v) is 3.92. The second kappa shape index (κ2) is 4.92. The van der Waals surface area contributed by atoms with Crippen molar-refractivity contribution < 1.29 is 5.11 Å². The van der Waals surface area contributed by atoms with Crippen molar-refractivity contribution >= 4 is 22.5 Å². The smallest absolute Gasteiger partial charge is 0.0546 e. The van der Waals surface area contributed by atoms with E-state index in [0.717, 1.165) is 36.5 Å². The Kier molecular flexibility index (Phi) is 3.29. The number of nitrogens with one attached hydrogen (secondary N) is 2. The number of hydrogen-bond acceptors (Lipinski definition) is 2. The summed E-state index contributed by atoms with van der Waals surface area (Å²) in [5.41, 5.74) is 2.35. The van der Waals surface area contributed by atoms with Crippen LogP contribution in [-0.4, -0.2) is 22.7 Å². The van der Waals surface area contributed by atoms with Crippen LogP contribution in [0.25, 0.3) is 10.9 Å². The van der Waals surface area contributed by atoms with Crippen molar-refractivity contribution in [2.45, 2.75) is 25.5 Å². The Hall–Kier alpha value is -1.03. The van der Waals surface area contributed by atoms with Gasteiger partial charge in [0.1, 0.15) is 0 Å². The summed E-state index contributed by atoms with van der Waals surface area (Å²) in [5.74, 6) is 0.639. The lowest BCUT2D eigenvalue weighted by Crippen LogP contribution is -2.35. The van der Waals surface area contributed by atoms with Crippen LogP contribution >= 0.6 is 11.6 Å². The van der Waals surface area contributed by atoms with E-state index in [1.807, 2.05) is 18.3 Å². The summed E-state index contributed by atoms with van der Waals surface area (Å²) in [4.78, 5) is 3.24. The first kappa shape index (κ1) is 12.0. The van der Waals surface area contributed by atoms with Gasteiger partial charge in [-0.15, -0.1) is 0 Å². The van der Waals surface area contributed by atoms with Gasteiger partial charge in [-0.2, -0.15) is 0 Å². The minimum absolute atomic E-state index is 0.0629. The van der Waals surface area contributed by atoms with Crippen molar-refractivity contribution in [1.82, 2.24) is 10.3 Å². The second-order valence-electron chi connectivity index (χ2n) is 5.13. The molecule has 0 spiro atoms. The molecule has 1 aromatic carbocycles. The Labute approximate surface area is 111 Å². The van der Waals surface area contributed by atoms with Gasteiger partial charge in [0.05, 0.1) is 6.10 Å². The topological polar surface area (TPSA) is 48.0 Å². The lowest BCUT2D eigenvalue weighted by molar-refractivity contribution is 0.0430. The van der Waals surface area contributed by atoms with Gasteiger partial charge in [-0.05, 0) is 43.0 Å². The molecular formula is C14H17ClN2O. The second-order valence-corrected chi connectivity index (χ2v) is 5.56. The average molecular weight is 265 g/mol. The first-order valence-corrected chi connectivity index (χ1v) is 6.74. The van der Waals surface area contributed by atoms with Crippen molar-refractivity contribution in [3.8, 4) is 0 Å². The molecule has 1 saturated carbocycles. The van der Waals surface area contributed by atoms with Crippen LogP contribution in [0.1, 0.15) is 18.4 Å². The minimum atomic E-state index is -0.0629. The number of aliphatic hydroxyl groups excluding tert-OH is 1. The van der Waals surface area contributed by atoms with Crippen LogP contribution in [0.3, 0.4) is 0 Å². The summed E-state index contributed by atoms with van der Waals surface area (Å²) in [7, 11) is 0. The van der Waals surface area contributed by atoms with Crippen LogP contribution in [0.5, 0.6) is 0 Å². The van der Waals surface area contributed by atoms with Crippen molar-refractivity contribution in [3.05, 3.63) is 35.0 Å². The fourth-order valence-corrected chi connectivity index (χ4v) is 2.76. The highest BCUT2D eigenvalue weighted by atomic mass is 35.5. The number of aromatic amines is 1. The Morgan fingerprint density at radius 2 is 2.22 bits per heavy atom. The number of rotatable bonds is 4. The minimum Gasteiger partial charge on any atom is -0.393 e. The number of aliphatic hydroxyl groups is 1. The van der Waals surface area contributed by atoms with Crippen LogP contribution in [0.15, 0.2) is 24.4 Å². The lowest BCUT2D eigenvalue weighted by Gasteiger charge is -2.31. The molecule has 4 heteroatoms. The molecule has 96 valence electrons. The van der Waals surface area contributed by atoms with Crippen LogP contribution in [0.4, 0.5) is 0 Å². The standard InChI is InChI=1S/C14H17ClN2O/c15-11-1-2-13-10(8-17-14(13)5-11)7-16-6-9-3-12(18)4-9/h1-2,5,8-9,12,16-18H,3-4,6-7H2. The van der Waals surface area contributed by atoms with E-state index in [-0.39, 0.29) is 6.10 Å². The first-order chi connectivity index (χ1) is 8.72.